The quantitative estimate of drug-likeness (QED) is 0.768. The van der Waals surface area contributed by atoms with Crippen LogP contribution in [0.4, 0.5) is 5.69 Å². The Morgan fingerprint density at radius 3 is 2.50 bits per heavy atom. The SMILES string of the molecule is Cn1nc(C(=O)N2CCc3cc(S(=O)(=O)N4CCCCC4)ccc32)ccc1=O. The highest BCUT2D eigenvalue weighted by atomic mass is 32.2. The Labute approximate surface area is 163 Å². The number of aryl methyl sites for hydroxylation is 1. The summed E-state index contributed by atoms with van der Waals surface area (Å²) in [6.45, 7) is 1.57. The van der Waals surface area contributed by atoms with Crippen LogP contribution in [-0.2, 0) is 23.5 Å². The molecule has 0 spiro atoms. The Kier molecular flexibility index (Phi) is 4.80. The van der Waals surface area contributed by atoms with Gasteiger partial charge in [-0.25, -0.2) is 13.1 Å². The van der Waals surface area contributed by atoms with E-state index in [1.54, 1.807) is 27.4 Å². The molecule has 0 atom stereocenters. The van der Waals surface area contributed by atoms with Crippen LogP contribution >= 0.6 is 0 Å². The minimum Gasteiger partial charge on any atom is -0.306 e. The van der Waals surface area contributed by atoms with Gasteiger partial charge in [0, 0.05) is 38.4 Å². The number of anilines is 1. The average Bonchev–Trinajstić information content (AvgIpc) is 3.13. The molecule has 0 unspecified atom stereocenters. The summed E-state index contributed by atoms with van der Waals surface area (Å²) in [6, 6.07) is 7.67. The number of amides is 1. The number of sulfonamides is 1. The molecule has 148 valence electrons. The first-order valence-corrected chi connectivity index (χ1v) is 10.8. The third-order valence-corrected chi connectivity index (χ3v) is 7.22. The summed E-state index contributed by atoms with van der Waals surface area (Å²) >= 11 is 0. The highest BCUT2D eigenvalue weighted by molar-refractivity contribution is 7.89. The highest BCUT2D eigenvalue weighted by Crippen LogP contribution is 2.32. The lowest BCUT2D eigenvalue weighted by atomic mass is 10.2. The van der Waals surface area contributed by atoms with Gasteiger partial charge in [-0.05, 0) is 49.1 Å². The molecular formula is C19H22N4O4S. The lowest BCUT2D eigenvalue weighted by Crippen LogP contribution is -2.35. The molecule has 1 aromatic carbocycles. The molecule has 0 saturated carbocycles. The molecule has 0 bridgehead atoms. The van der Waals surface area contributed by atoms with Gasteiger partial charge in [0.1, 0.15) is 5.69 Å². The van der Waals surface area contributed by atoms with Crippen molar-refractivity contribution in [3.05, 3.63) is 51.9 Å². The van der Waals surface area contributed by atoms with Crippen LogP contribution in [0.1, 0.15) is 35.3 Å². The molecule has 28 heavy (non-hydrogen) atoms. The summed E-state index contributed by atoms with van der Waals surface area (Å²) in [5.41, 5.74) is 1.42. The van der Waals surface area contributed by atoms with E-state index in [0.29, 0.717) is 31.7 Å². The standard InChI is InChI=1S/C19H22N4O4S/c1-21-18(24)8-6-16(20-21)19(25)23-12-9-14-13-15(5-7-17(14)23)28(26,27)22-10-3-2-4-11-22/h5-8,13H,2-4,9-12H2,1H3. The third-order valence-electron chi connectivity index (χ3n) is 5.32. The zero-order valence-electron chi connectivity index (χ0n) is 15.7. The fraction of sp³-hybridized carbons (Fsp3) is 0.421. The van der Waals surface area contributed by atoms with E-state index in [9.17, 15) is 18.0 Å². The maximum Gasteiger partial charge on any atom is 0.278 e. The largest absolute Gasteiger partial charge is 0.306 e. The third kappa shape index (κ3) is 3.24. The second kappa shape index (κ2) is 7.14. The monoisotopic (exact) mass is 402 g/mol. The van der Waals surface area contributed by atoms with Gasteiger partial charge < -0.3 is 4.90 Å². The average molecular weight is 402 g/mol. The van der Waals surface area contributed by atoms with E-state index in [-0.39, 0.29) is 22.1 Å². The van der Waals surface area contributed by atoms with Crippen molar-refractivity contribution in [2.45, 2.75) is 30.6 Å². The molecule has 4 rings (SSSR count). The number of aromatic nitrogens is 2. The first-order valence-electron chi connectivity index (χ1n) is 9.37. The molecule has 3 heterocycles. The van der Waals surface area contributed by atoms with Gasteiger partial charge in [-0.1, -0.05) is 6.42 Å². The molecule has 9 heteroatoms. The molecule has 0 N–H and O–H groups in total. The minimum absolute atomic E-state index is 0.181. The van der Waals surface area contributed by atoms with Gasteiger partial charge in [0.05, 0.1) is 4.90 Å². The van der Waals surface area contributed by atoms with Crippen LogP contribution in [0.2, 0.25) is 0 Å². The molecule has 1 aromatic heterocycles. The normalized spacial score (nSPS) is 17.5. The van der Waals surface area contributed by atoms with Crippen molar-refractivity contribution >= 4 is 21.6 Å². The van der Waals surface area contributed by atoms with Gasteiger partial charge in [0.25, 0.3) is 11.5 Å². The van der Waals surface area contributed by atoms with Crippen molar-refractivity contribution in [3.8, 4) is 0 Å². The molecule has 2 aromatic rings. The number of benzene rings is 1. The summed E-state index contributed by atoms with van der Waals surface area (Å²) in [5.74, 6) is -0.305. The molecule has 1 amide bonds. The molecule has 1 saturated heterocycles. The molecule has 0 aliphatic carbocycles. The second-order valence-electron chi connectivity index (χ2n) is 7.14. The number of rotatable bonds is 3. The van der Waals surface area contributed by atoms with E-state index in [0.717, 1.165) is 29.5 Å². The number of piperidine rings is 1. The smallest absolute Gasteiger partial charge is 0.278 e. The van der Waals surface area contributed by atoms with Gasteiger partial charge in [-0.3, -0.25) is 9.59 Å². The minimum atomic E-state index is -3.50. The van der Waals surface area contributed by atoms with Crippen molar-refractivity contribution in [1.82, 2.24) is 14.1 Å². The number of carbonyl (C=O) groups excluding carboxylic acids is 1. The van der Waals surface area contributed by atoms with Gasteiger partial charge in [0.15, 0.2) is 0 Å². The highest BCUT2D eigenvalue weighted by Gasteiger charge is 2.30. The maximum absolute atomic E-state index is 12.9. The lowest BCUT2D eigenvalue weighted by molar-refractivity contribution is 0.0982. The number of fused-ring (bicyclic) bond motifs is 1. The van der Waals surface area contributed by atoms with Gasteiger partial charge in [-0.15, -0.1) is 0 Å². The summed E-state index contributed by atoms with van der Waals surface area (Å²) < 4.78 is 28.5. The van der Waals surface area contributed by atoms with E-state index in [4.69, 9.17) is 0 Å². The maximum atomic E-state index is 12.9. The number of carbonyl (C=O) groups is 1. The first-order chi connectivity index (χ1) is 13.4. The Morgan fingerprint density at radius 2 is 1.79 bits per heavy atom. The van der Waals surface area contributed by atoms with E-state index in [1.807, 2.05) is 0 Å². The Balaban J connectivity index is 1.62. The van der Waals surface area contributed by atoms with Gasteiger partial charge in [-0.2, -0.15) is 9.40 Å². The Morgan fingerprint density at radius 1 is 1.04 bits per heavy atom. The van der Waals surface area contributed by atoms with E-state index in [2.05, 4.69) is 5.10 Å². The summed E-state index contributed by atoms with van der Waals surface area (Å²) in [7, 11) is -2.01. The van der Waals surface area contributed by atoms with Crippen LogP contribution in [0.15, 0.2) is 40.0 Å². The lowest BCUT2D eigenvalue weighted by Gasteiger charge is -2.26. The fourth-order valence-electron chi connectivity index (χ4n) is 3.76. The van der Waals surface area contributed by atoms with Gasteiger partial charge in [0.2, 0.25) is 10.0 Å². The van der Waals surface area contributed by atoms with E-state index < -0.39 is 10.0 Å². The van der Waals surface area contributed by atoms with Gasteiger partial charge >= 0.3 is 0 Å². The van der Waals surface area contributed by atoms with Crippen LogP contribution in [0.3, 0.4) is 0 Å². The first kappa shape index (κ1) is 18.8. The predicted octanol–water partition coefficient (Wildman–Crippen LogP) is 1.16. The van der Waals surface area contributed by atoms with Crippen LogP contribution in [0, 0.1) is 0 Å². The number of hydrogen-bond acceptors (Lipinski definition) is 5. The molecular weight excluding hydrogens is 380 g/mol. The number of nitrogens with zero attached hydrogens (tertiary/aromatic N) is 4. The summed E-state index contributed by atoms with van der Waals surface area (Å²) in [4.78, 5) is 26.2. The van der Waals surface area contributed by atoms with Crippen molar-refractivity contribution in [2.75, 3.05) is 24.5 Å². The van der Waals surface area contributed by atoms with Crippen molar-refractivity contribution < 1.29 is 13.2 Å². The Hall–Kier alpha value is -2.52. The van der Waals surface area contributed by atoms with Crippen molar-refractivity contribution in [1.29, 1.82) is 0 Å². The predicted molar refractivity (Wildman–Crippen MR) is 104 cm³/mol. The zero-order valence-corrected chi connectivity index (χ0v) is 16.5. The Bertz CT molecular complexity index is 1090. The number of hydrogen-bond donors (Lipinski definition) is 0. The topological polar surface area (TPSA) is 92.6 Å². The van der Waals surface area contributed by atoms with E-state index in [1.165, 1.54) is 19.2 Å². The second-order valence-corrected chi connectivity index (χ2v) is 9.08. The van der Waals surface area contributed by atoms with Crippen LogP contribution in [0.25, 0.3) is 0 Å². The zero-order chi connectivity index (χ0) is 19.9. The van der Waals surface area contributed by atoms with Crippen molar-refractivity contribution in [3.63, 3.8) is 0 Å². The van der Waals surface area contributed by atoms with Crippen LogP contribution in [-0.4, -0.2) is 48.0 Å². The molecule has 1 fully saturated rings. The molecule has 2 aliphatic heterocycles. The van der Waals surface area contributed by atoms with Crippen LogP contribution < -0.4 is 10.5 Å². The fourth-order valence-corrected chi connectivity index (χ4v) is 5.33. The summed E-state index contributed by atoms with van der Waals surface area (Å²) in [6.07, 6.45) is 3.42. The van der Waals surface area contributed by atoms with Crippen molar-refractivity contribution in [2.24, 2.45) is 7.05 Å². The molecule has 0 radical (unpaired) electrons. The summed E-state index contributed by atoms with van der Waals surface area (Å²) in [5, 5.41) is 4.02. The van der Waals surface area contributed by atoms with E-state index >= 15 is 0 Å². The molecule has 8 nitrogen and oxygen atoms in total. The van der Waals surface area contributed by atoms with Crippen LogP contribution in [0.5, 0.6) is 0 Å². The molecule has 2 aliphatic rings.